The van der Waals surface area contributed by atoms with E-state index in [1.807, 2.05) is 30.1 Å². The molecule has 0 aliphatic carbocycles. The maximum atomic E-state index is 5.51. The average molecular weight is 225 g/mol. The minimum atomic E-state index is 0.577. The highest BCUT2D eigenvalue weighted by Gasteiger charge is 1.95. The number of nitrogens with two attached hydrogens (primary N) is 1. The molecular weight excluding hydrogens is 206 g/mol. The highest BCUT2D eigenvalue weighted by Crippen LogP contribution is 2.17. The number of hydrogen-bond donors (Lipinski definition) is 2. The second-order valence-corrected chi connectivity index (χ2v) is 4.90. The van der Waals surface area contributed by atoms with Crippen LogP contribution in [0.4, 0.5) is 5.82 Å². The summed E-state index contributed by atoms with van der Waals surface area (Å²) in [5.74, 6) is 1.70. The van der Waals surface area contributed by atoms with Gasteiger partial charge in [-0.2, -0.15) is 0 Å². The summed E-state index contributed by atoms with van der Waals surface area (Å²) < 4.78 is 0. The Hall–Kier alpha value is -0.740. The first-order valence-corrected chi connectivity index (χ1v) is 6.25. The zero-order chi connectivity index (χ0) is 11.1. The minimum absolute atomic E-state index is 0.577. The number of thioether (sulfide) groups is 1. The molecule has 84 valence electrons. The van der Waals surface area contributed by atoms with Crippen LogP contribution < -0.4 is 11.1 Å². The molecule has 0 amide bonds. The lowest BCUT2D eigenvalue weighted by molar-refractivity contribution is 0.586. The van der Waals surface area contributed by atoms with E-state index in [1.54, 1.807) is 0 Å². The number of aromatic nitrogens is 1. The third-order valence-electron chi connectivity index (χ3n) is 1.90. The van der Waals surface area contributed by atoms with Crippen LogP contribution >= 0.6 is 11.8 Å². The normalized spacial score (nSPS) is 10.9. The summed E-state index contributed by atoms with van der Waals surface area (Å²) in [7, 11) is 0. The summed E-state index contributed by atoms with van der Waals surface area (Å²) in [5, 5.41) is 3.39. The van der Waals surface area contributed by atoms with Crippen molar-refractivity contribution in [3.05, 3.63) is 18.3 Å². The molecule has 3 nitrogen and oxygen atoms in total. The van der Waals surface area contributed by atoms with Gasteiger partial charge < -0.3 is 11.1 Å². The van der Waals surface area contributed by atoms with Gasteiger partial charge in [-0.1, -0.05) is 13.8 Å². The Bertz CT molecular complexity index is 272. The zero-order valence-electron chi connectivity index (χ0n) is 9.36. The number of nitrogens with zero attached hydrogens (tertiary/aromatic N) is 1. The van der Waals surface area contributed by atoms with E-state index < -0.39 is 0 Å². The van der Waals surface area contributed by atoms with Crippen molar-refractivity contribution in [1.29, 1.82) is 0 Å². The molecule has 15 heavy (non-hydrogen) atoms. The van der Waals surface area contributed by atoms with E-state index in [-0.39, 0.29) is 0 Å². The first-order valence-electron chi connectivity index (χ1n) is 5.26. The molecule has 1 heterocycles. The van der Waals surface area contributed by atoms with Crippen molar-refractivity contribution in [2.24, 2.45) is 0 Å². The highest BCUT2D eigenvalue weighted by atomic mass is 32.2. The third kappa shape index (κ3) is 5.64. The lowest BCUT2D eigenvalue weighted by Crippen LogP contribution is -2.23. The summed E-state index contributed by atoms with van der Waals surface area (Å²) in [6.07, 6.45) is 3.00. The Labute approximate surface area is 95.9 Å². The smallest absolute Gasteiger partial charge is 0.123 e. The average Bonchev–Trinajstić information content (AvgIpc) is 2.20. The highest BCUT2D eigenvalue weighted by molar-refractivity contribution is 7.99. The van der Waals surface area contributed by atoms with Crippen LogP contribution in [0, 0.1) is 0 Å². The first-order chi connectivity index (χ1) is 7.18. The fraction of sp³-hybridized carbons (Fsp3) is 0.545. The SMILES string of the molecule is CC(C)NCCCSc1ccc(N)nc1. The van der Waals surface area contributed by atoms with Crippen molar-refractivity contribution in [2.45, 2.75) is 31.2 Å². The Morgan fingerprint density at radius 3 is 2.87 bits per heavy atom. The molecule has 0 aliphatic heterocycles. The van der Waals surface area contributed by atoms with Crippen molar-refractivity contribution in [3.8, 4) is 0 Å². The van der Waals surface area contributed by atoms with Gasteiger partial charge in [0.25, 0.3) is 0 Å². The quantitative estimate of drug-likeness (QED) is 0.575. The predicted molar refractivity (Wildman–Crippen MR) is 67.1 cm³/mol. The topological polar surface area (TPSA) is 50.9 Å². The molecule has 0 atom stereocenters. The lowest BCUT2D eigenvalue weighted by atomic mass is 10.4. The molecule has 0 aromatic carbocycles. The molecule has 0 fully saturated rings. The predicted octanol–water partition coefficient (Wildman–Crippen LogP) is 2.14. The molecule has 0 unspecified atom stereocenters. The second kappa shape index (κ2) is 6.69. The monoisotopic (exact) mass is 225 g/mol. The van der Waals surface area contributed by atoms with Gasteiger partial charge in [0, 0.05) is 17.1 Å². The van der Waals surface area contributed by atoms with E-state index in [9.17, 15) is 0 Å². The van der Waals surface area contributed by atoms with Crippen LogP contribution in [0.1, 0.15) is 20.3 Å². The molecule has 0 saturated heterocycles. The van der Waals surface area contributed by atoms with Gasteiger partial charge in [-0.05, 0) is 30.9 Å². The van der Waals surface area contributed by atoms with Crippen molar-refractivity contribution >= 4 is 17.6 Å². The van der Waals surface area contributed by atoms with Gasteiger partial charge in [-0.25, -0.2) is 4.98 Å². The number of nitrogens with one attached hydrogen (secondary N) is 1. The van der Waals surface area contributed by atoms with Crippen molar-refractivity contribution in [3.63, 3.8) is 0 Å². The summed E-state index contributed by atoms with van der Waals surface area (Å²) in [6, 6.07) is 4.44. The van der Waals surface area contributed by atoms with E-state index in [2.05, 4.69) is 24.1 Å². The second-order valence-electron chi connectivity index (χ2n) is 3.73. The zero-order valence-corrected chi connectivity index (χ0v) is 10.2. The molecule has 0 aliphatic rings. The van der Waals surface area contributed by atoms with Gasteiger partial charge in [0.05, 0.1) is 0 Å². The molecule has 4 heteroatoms. The van der Waals surface area contributed by atoms with Crippen LogP contribution in [0.25, 0.3) is 0 Å². The van der Waals surface area contributed by atoms with E-state index >= 15 is 0 Å². The minimum Gasteiger partial charge on any atom is -0.384 e. The summed E-state index contributed by atoms with van der Waals surface area (Å²) in [6.45, 7) is 5.40. The fourth-order valence-electron chi connectivity index (χ4n) is 1.13. The van der Waals surface area contributed by atoms with Crippen LogP contribution in [0.3, 0.4) is 0 Å². The van der Waals surface area contributed by atoms with E-state index in [0.29, 0.717) is 11.9 Å². The first kappa shape index (κ1) is 12.3. The summed E-state index contributed by atoms with van der Waals surface area (Å²) in [5.41, 5.74) is 5.51. The number of pyridine rings is 1. The van der Waals surface area contributed by atoms with Crippen LogP contribution in [-0.2, 0) is 0 Å². The lowest BCUT2D eigenvalue weighted by Gasteiger charge is -2.07. The Morgan fingerprint density at radius 1 is 1.47 bits per heavy atom. The van der Waals surface area contributed by atoms with Crippen molar-refractivity contribution < 1.29 is 0 Å². The van der Waals surface area contributed by atoms with E-state index in [0.717, 1.165) is 12.3 Å². The number of rotatable bonds is 6. The van der Waals surface area contributed by atoms with Crippen LogP contribution in [0.2, 0.25) is 0 Å². The Morgan fingerprint density at radius 2 is 2.27 bits per heavy atom. The maximum Gasteiger partial charge on any atom is 0.123 e. The van der Waals surface area contributed by atoms with E-state index in [4.69, 9.17) is 5.73 Å². The fourth-order valence-corrected chi connectivity index (χ4v) is 1.95. The van der Waals surface area contributed by atoms with Gasteiger partial charge in [0.1, 0.15) is 5.82 Å². The third-order valence-corrected chi connectivity index (χ3v) is 2.97. The maximum absolute atomic E-state index is 5.51. The number of anilines is 1. The van der Waals surface area contributed by atoms with Gasteiger partial charge >= 0.3 is 0 Å². The Kier molecular flexibility index (Phi) is 5.50. The van der Waals surface area contributed by atoms with Crippen LogP contribution in [-0.4, -0.2) is 23.3 Å². The van der Waals surface area contributed by atoms with Gasteiger partial charge in [-0.15, -0.1) is 11.8 Å². The van der Waals surface area contributed by atoms with E-state index in [1.165, 1.54) is 11.3 Å². The Balaban J connectivity index is 2.12. The van der Waals surface area contributed by atoms with Crippen molar-refractivity contribution in [1.82, 2.24) is 10.3 Å². The summed E-state index contributed by atoms with van der Waals surface area (Å²) in [4.78, 5) is 5.24. The molecule has 1 aromatic rings. The molecule has 0 bridgehead atoms. The standard InChI is InChI=1S/C11H19N3S/c1-9(2)13-6-3-7-15-10-4-5-11(12)14-8-10/h4-5,8-9,13H,3,6-7H2,1-2H3,(H2,12,14). The summed E-state index contributed by atoms with van der Waals surface area (Å²) >= 11 is 1.82. The largest absolute Gasteiger partial charge is 0.384 e. The molecule has 3 N–H and O–H groups in total. The van der Waals surface area contributed by atoms with Gasteiger partial charge in [0.2, 0.25) is 0 Å². The van der Waals surface area contributed by atoms with Crippen LogP contribution in [0.5, 0.6) is 0 Å². The van der Waals surface area contributed by atoms with Gasteiger partial charge in [0.15, 0.2) is 0 Å². The van der Waals surface area contributed by atoms with Crippen molar-refractivity contribution in [2.75, 3.05) is 18.0 Å². The molecule has 0 spiro atoms. The molecule has 1 aromatic heterocycles. The molecule has 0 saturated carbocycles. The molecular formula is C11H19N3S. The molecule has 0 radical (unpaired) electrons. The van der Waals surface area contributed by atoms with Crippen LogP contribution in [0.15, 0.2) is 23.2 Å². The van der Waals surface area contributed by atoms with Gasteiger partial charge in [-0.3, -0.25) is 0 Å². The number of nitrogen functional groups attached to an aromatic ring is 1. The molecule has 1 rings (SSSR count). The number of hydrogen-bond acceptors (Lipinski definition) is 4.